The van der Waals surface area contributed by atoms with Crippen LogP contribution in [0.25, 0.3) is 0 Å². The van der Waals surface area contributed by atoms with Gasteiger partial charge in [-0.05, 0) is 49.2 Å². The smallest absolute Gasteiger partial charge is 0.238 e. The van der Waals surface area contributed by atoms with Gasteiger partial charge in [-0.1, -0.05) is 36.8 Å². The molecule has 2 aromatic carbocycles. The Morgan fingerprint density at radius 1 is 1.11 bits per heavy atom. The topological polar surface area (TPSA) is 99.1 Å². The average Bonchev–Trinajstić information content (AvgIpc) is 2.75. The molecule has 1 fully saturated rings. The summed E-state index contributed by atoms with van der Waals surface area (Å²) in [6.07, 6.45) is 3.15. The van der Waals surface area contributed by atoms with E-state index in [9.17, 15) is 18.5 Å². The van der Waals surface area contributed by atoms with E-state index in [0.29, 0.717) is 6.42 Å². The monoisotopic (exact) mass is 397 g/mol. The number of nitriles is 1. The molecular formula is C21H23N3O3S. The molecule has 2 N–H and O–H groups in total. The van der Waals surface area contributed by atoms with E-state index in [-0.39, 0.29) is 21.7 Å². The van der Waals surface area contributed by atoms with E-state index in [2.05, 4.69) is 16.7 Å². The minimum Gasteiger partial charge on any atom is -0.339 e. The summed E-state index contributed by atoms with van der Waals surface area (Å²) in [7, 11) is -3.57. The van der Waals surface area contributed by atoms with Gasteiger partial charge >= 0.3 is 0 Å². The van der Waals surface area contributed by atoms with Crippen LogP contribution in [-0.2, 0) is 21.1 Å². The van der Waals surface area contributed by atoms with Crippen molar-refractivity contribution in [3.8, 4) is 6.07 Å². The molecule has 1 aliphatic heterocycles. The third-order valence-corrected chi connectivity index (χ3v) is 6.61. The first-order chi connectivity index (χ1) is 13.5. The van der Waals surface area contributed by atoms with Crippen molar-refractivity contribution in [3.05, 3.63) is 60.2 Å². The van der Waals surface area contributed by atoms with Crippen molar-refractivity contribution in [1.82, 2.24) is 10.6 Å². The lowest BCUT2D eigenvalue weighted by molar-refractivity contribution is -0.124. The molecular weight excluding hydrogens is 374 g/mol. The van der Waals surface area contributed by atoms with Crippen molar-refractivity contribution in [1.29, 1.82) is 5.26 Å². The Balaban J connectivity index is 1.66. The molecule has 7 heteroatoms. The number of amides is 1. The third-order valence-electron chi connectivity index (χ3n) is 4.83. The minimum absolute atomic E-state index is 0.158. The molecule has 0 bridgehead atoms. The molecule has 2 aromatic rings. The Kier molecular flexibility index (Phi) is 6.45. The Morgan fingerprint density at radius 2 is 1.79 bits per heavy atom. The summed E-state index contributed by atoms with van der Waals surface area (Å²) in [6, 6.07) is 15.9. The molecule has 6 nitrogen and oxygen atoms in total. The van der Waals surface area contributed by atoms with Crippen LogP contribution in [0.2, 0.25) is 0 Å². The molecule has 1 amide bonds. The number of benzene rings is 2. The van der Waals surface area contributed by atoms with E-state index >= 15 is 0 Å². The van der Waals surface area contributed by atoms with Crippen LogP contribution >= 0.6 is 0 Å². The molecule has 3 rings (SSSR count). The normalized spacial score (nSPS) is 18.0. The number of hydrogen-bond donors (Lipinski definition) is 2. The molecule has 0 aliphatic carbocycles. The highest BCUT2D eigenvalue weighted by atomic mass is 32.2. The number of piperidine rings is 1. The maximum Gasteiger partial charge on any atom is 0.238 e. The Bertz CT molecular complexity index is 945. The van der Waals surface area contributed by atoms with Gasteiger partial charge in [-0.3, -0.25) is 4.79 Å². The fourth-order valence-corrected chi connectivity index (χ4v) is 4.53. The molecule has 146 valence electrons. The first-order valence-corrected chi connectivity index (χ1v) is 10.8. The molecule has 0 radical (unpaired) electrons. The molecule has 0 spiro atoms. The predicted octanol–water partition coefficient (Wildman–Crippen LogP) is 2.21. The molecule has 0 saturated carbocycles. The van der Waals surface area contributed by atoms with Crippen LogP contribution in [-0.4, -0.2) is 33.0 Å². The number of carbonyl (C=O) groups excluding carboxylic acids is 1. The van der Waals surface area contributed by atoms with E-state index in [1.807, 2.05) is 0 Å². The van der Waals surface area contributed by atoms with Gasteiger partial charge in [-0.25, -0.2) is 8.42 Å². The van der Waals surface area contributed by atoms with Gasteiger partial charge < -0.3 is 10.6 Å². The molecule has 0 unspecified atom stereocenters. The van der Waals surface area contributed by atoms with Crippen LogP contribution in [0, 0.1) is 11.3 Å². The third kappa shape index (κ3) is 4.77. The standard InChI is InChI=1S/C21H23N3O3S/c22-15-17(24-21(25)20-8-4-5-13-23-20)14-16-9-11-19(12-10-16)28(26,27)18-6-2-1-3-7-18/h1-3,6-7,9-12,17,20,23H,4-5,8,13-14H2,(H,24,25)/t17-,20-/m0/s1. The molecule has 2 atom stereocenters. The second-order valence-electron chi connectivity index (χ2n) is 6.86. The molecule has 1 saturated heterocycles. The molecule has 28 heavy (non-hydrogen) atoms. The summed E-state index contributed by atoms with van der Waals surface area (Å²) in [4.78, 5) is 12.7. The summed E-state index contributed by atoms with van der Waals surface area (Å²) in [5.41, 5.74) is 0.787. The SMILES string of the molecule is N#C[C@H](Cc1ccc(S(=O)(=O)c2ccccc2)cc1)NC(=O)[C@@H]1CCCCN1. The van der Waals surface area contributed by atoms with E-state index in [1.54, 1.807) is 42.5 Å². The number of nitrogens with one attached hydrogen (secondary N) is 2. The fourth-order valence-electron chi connectivity index (χ4n) is 3.25. The highest BCUT2D eigenvalue weighted by Gasteiger charge is 2.23. The van der Waals surface area contributed by atoms with Crippen molar-refractivity contribution in [2.24, 2.45) is 0 Å². The minimum atomic E-state index is -3.57. The first-order valence-electron chi connectivity index (χ1n) is 9.33. The zero-order chi connectivity index (χ0) is 20.0. The maximum absolute atomic E-state index is 12.6. The van der Waals surface area contributed by atoms with Crippen LogP contribution in [0.15, 0.2) is 64.4 Å². The van der Waals surface area contributed by atoms with Gasteiger partial charge in [0.15, 0.2) is 0 Å². The number of nitrogens with zero attached hydrogens (tertiary/aromatic N) is 1. The van der Waals surface area contributed by atoms with E-state index in [4.69, 9.17) is 0 Å². The van der Waals surface area contributed by atoms with Crippen LogP contribution < -0.4 is 10.6 Å². The van der Waals surface area contributed by atoms with Crippen LogP contribution in [0.5, 0.6) is 0 Å². The highest BCUT2D eigenvalue weighted by Crippen LogP contribution is 2.21. The Morgan fingerprint density at radius 3 is 2.39 bits per heavy atom. The maximum atomic E-state index is 12.6. The van der Waals surface area contributed by atoms with Crippen LogP contribution in [0.3, 0.4) is 0 Å². The molecule has 1 aliphatic rings. The van der Waals surface area contributed by atoms with E-state index in [0.717, 1.165) is 31.4 Å². The van der Waals surface area contributed by atoms with Crippen molar-refractivity contribution < 1.29 is 13.2 Å². The highest BCUT2D eigenvalue weighted by molar-refractivity contribution is 7.91. The quantitative estimate of drug-likeness (QED) is 0.779. The summed E-state index contributed by atoms with van der Waals surface area (Å²) in [6.45, 7) is 0.812. The molecule has 0 aromatic heterocycles. The van der Waals surface area contributed by atoms with Crippen molar-refractivity contribution in [2.75, 3.05) is 6.54 Å². The number of sulfone groups is 1. The lowest BCUT2D eigenvalue weighted by Gasteiger charge is -2.23. The van der Waals surface area contributed by atoms with E-state index in [1.165, 1.54) is 12.1 Å². The summed E-state index contributed by atoms with van der Waals surface area (Å²) >= 11 is 0. The largest absolute Gasteiger partial charge is 0.339 e. The van der Waals surface area contributed by atoms with Gasteiger partial charge in [0.2, 0.25) is 15.7 Å². The first kappa shape index (κ1) is 20.1. The van der Waals surface area contributed by atoms with Gasteiger partial charge in [-0.2, -0.15) is 5.26 Å². The van der Waals surface area contributed by atoms with Crippen LogP contribution in [0.1, 0.15) is 24.8 Å². The van der Waals surface area contributed by atoms with Crippen LogP contribution in [0.4, 0.5) is 0 Å². The second kappa shape index (κ2) is 9.00. The number of carbonyl (C=O) groups is 1. The fraction of sp³-hybridized carbons (Fsp3) is 0.333. The molecule has 1 heterocycles. The van der Waals surface area contributed by atoms with Gasteiger partial charge in [0, 0.05) is 6.42 Å². The zero-order valence-corrected chi connectivity index (χ0v) is 16.3. The summed E-state index contributed by atoms with van der Waals surface area (Å²) < 4.78 is 25.3. The van der Waals surface area contributed by atoms with Crippen molar-refractivity contribution >= 4 is 15.7 Å². The van der Waals surface area contributed by atoms with Crippen molar-refractivity contribution in [2.45, 2.75) is 47.6 Å². The lowest BCUT2D eigenvalue weighted by atomic mass is 10.0. The second-order valence-corrected chi connectivity index (χ2v) is 8.81. The number of rotatable bonds is 6. The summed E-state index contributed by atoms with van der Waals surface area (Å²) in [5, 5.41) is 15.3. The van der Waals surface area contributed by atoms with Gasteiger partial charge in [0.25, 0.3) is 0 Å². The van der Waals surface area contributed by atoms with E-state index < -0.39 is 15.9 Å². The summed E-state index contributed by atoms with van der Waals surface area (Å²) in [5.74, 6) is -0.158. The van der Waals surface area contributed by atoms with Gasteiger partial charge in [-0.15, -0.1) is 0 Å². The van der Waals surface area contributed by atoms with Gasteiger partial charge in [0.05, 0.1) is 21.9 Å². The Labute approximate surface area is 165 Å². The lowest BCUT2D eigenvalue weighted by Crippen LogP contribution is -2.49. The Hall–Kier alpha value is -2.69. The number of hydrogen-bond acceptors (Lipinski definition) is 5. The van der Waals surface area contributed by atoms with Crippen molar-refractivity contribution in [3.63, 3.8) is 0 Å². The average molecular weight is 398 g/mol. The predicted molar refractivity (Wildman–Crippen MR) is 105 cm³/mol. The zero-order valence-electron chi connectivity index (χ0n) is 15.5. The van der Waals surface area contributed by atoms with Gasteiger partial charge in [0.1, 0.15) is 6.04 Å².